The smallest absolute Gasteiger partial charge is 0.228 e. The zero-order valence-corrected chi connectivity index (χ0v) is 9.88. The van der Waals surface area contributed by atoms with E-state index in [1.54, 1.807) is 0 Å². The third kappa shape index (κ3) is 2.79. The zero-order valence-electron chi connectivity index (χ0n) is 8.29. The molecular formula is C11H13BrN2O. The molecule has 80 valence electrons. The number of nitrogens with one attached hydrogen (secondary N) is 2. The first-order chi connectivity index (χ1) is 7.25. The fraction of sp³-hybridized carbons (Fsp3) is 0.364. The molecule has 0 aliphatic carbocycles. The highest BCUT2D eigenvalue weighted by Crippen LogP contribution is 2.17. The maximum atomic E-state index is 11.8. The molecular weight excluding hydrogens is 256 g/mol. The SMILES string of the molecule is O=C(Nc1cccc(Br)c1)C1CCNC1. The molecule has 1 saturated heterocycles. The Kier molecular flexibility index (Phi) is 3.38. The normalized spacial score (nSPS) is 20.2. The average Bonchev–Trinajstić information content (AvgIpc) is 2.70. The summed E-state index contributed by atoms with van der Waals surface area (Å²) in [6.45, 7) is 1.73. The molecule has 0 bridgehead atoms. The van der Waals surface area contributed by atoms with Crippen LogP contribution in [-0.2, 0) is 4.79 Å². The van der Waals surface area contributed by atoms with Crippen LogP contribution in [0.2, 0.25) is 0 Å². The fourth-order valence-electron chi connectivity index (χ4n) is 1.69. The van der Waals surface area contributed by atoms with Gasteiger partial charge in [0, 0.05) is 16.7 Å². The van der Waals surface area contributed by atoms with Crippen molar-refractivity contribution >= 4 is 27.5 Å². The van der Waals surface area contributed by atoms with E-state index in [1.807, 2.05) is 24.3 Å². The van der Waals surface area contributed by atoms with Crippen molar-refractivity contribution in [3.63, 3.8) is 0 Å². The van der Waals surface area contributed by atoms with Crippen LogP contribution < -0.4 is 10.6 Å². The second-order valence-corrected chi connectivity index (χ2v) is 4.60. The van der Waals surface area contributed by atoms with Crippen molar-refractivity contribution in [2.45, 2.75) is 6.42 Å². The molecule has 15 heavy (non-hydrogen) atoms. The lowest BCUT2D eigenvalue weighted by Gasteiger charge is -2.09. The van der Waals surface area contributed by atoms with Gasteiger partial charge in [0.25, 0.3) is 0 Å². The average molecular weight is 269 g/mol. The molecule has 2 N–H and O–H groups in total. The highest BCUT2D eigenvalue weighted by atomic mass is 79.9. The van der Waals surface area contributed by atoms with Crippen LogP contribution in [0.15, 0.2) is 28.7 Å². The predicted octanol–water partition coefficient (Wildman–Crippen LogP) is 2.00. The minimum atomic E-state index is 0.109. The number of rotatable bonds is 2. The Balaban J connectivity index is 1.99. The molecule has 3 nitrogen and oxygen atoms in total. The summed E-state index contributed by atoms with van der Waals surface area (Å²) in [5.74, 6) is 0.224. The maximum Gasteiger partial charge on any atom is 0.228 e. The highest BCUT2D eigenvalue weighted by Gasteiger charge is 2.22. The summed E-state index contributed by atoms with van der Waals surface area (Å²) in [5.41, 5.74) is 0.848. The second-order valence-electron chi connectivity index (χ2n) is 3.69. The van der Waals surface area contributed by atoms with Crippen molar-refractivity contribution in [3.05, 3.63) is 28.7 Å². The Morgan fingerprint density at radius 2 is 2.40 bits per heavy atom. The Labute approximate surface area is 97.4 Å². The zero-order chi connectivity index (χ0) is 10.7. The second kappa shape index (κ2) is 4.77. The van der Waals surface area contributed by atoms with Crippen molar-refractivity contribution in [2.75, 3.05) is 18.4 Å². The summed E-state index contributed by atoms with van der Waals surface area (Å²) in [7, 11) is 0. The molecule has 0 spiro atoms. The molecule has 1 aliphatic rings. The van der Waals surface area contributed by atoms with E-state index in [4.69, 9.17) is 0 Å². The number of anilines is 1. The number of amides is 1. The Morgan fingerprint density at radius 1 is 1.53 bits per heavy atom. The molecule has 1 aromatic rings. The highest BCUT2D eigenvalue weighted by molar-refractivity contribution is 9.10. The first-order valence-corrected chi connectivity index (χ1v) is 5.82. The molecule has 0 saturated carbocycles. The van der Waals surface area contributed by atoms with Gasteiger partial charge in [0.15, 0.2) is 0 Å². The van der Waals surface area contributed by atoms with E-state index in [0.29, 0.717) is 0 Å². The minimum Gasteiger partial charge on any atom is -0.326 e. The fourth-order valence-corrected chi connectivity index (χ4v) is 2.09. The number of hydrogen-bond acceptors (Lipinski definition) is 2. The molecule has 1 amide bonds. The van der Waals surface area contributed by atoms with Crippen LogP contribution in [0, 0.1) is 5.92 Å². The van der Waals surface area contributed by atoms with Gasteiger partial charge in [-0.3, -0.25) is 4.79 Å². The van der Waals surface area contributed by atoms with E-state index in [-0.39, 0.29) is 11.8 Å². The molecule has 0 radical (unpaired) electrons. The standard InChI is InChI=1S/C11H13BrN2O/c12-9-2-1-3-10(6-9)14-11(15)8-4-5-13-7-8/h1-3,6,8,13H,4-5,7H2,(H,14,15). The number of benzene rings is 1. The number of carbonyl (C=O) groups is 1. The van der Waals surface area contributed by atoms with Gasteiger partial charge in [0.1, 0.15) is 0 Å². The summed E-state index contributed by atoms with van der Waals surface area (Å²) >= 11 is 3.37. The number of hydrogen-bond donors (Lipinski definition) is 2. The van der Waals surface area contributed by atoms with Crippen LogP contribution in [0.4, 0.5) is 5.69 Å². The Hall–Kier alpha value is -0.870. The third-order valence-corrected chi connectivity index (χ3v) is 3.02. The van der Waals surface area contributed by atoms with Crippen molar-refractivity contribution < 1.29 is 4.79 Å². The van der Waals surface area contributed by atoms with Gasteiger partial charge in [-0.05, 0) is 31.2 Å². The molecule has 2 rings (SSSR count). The van der Waals surface area contributed by atoms with Gasteiger partial charge in [-0.15, -0.1) is 0 Å². The van der Waals surface area contributed by atoms with Crippen LogP contribution >= 0.6 is 15.9 Å². The van der Waals surface area contributed by atoms with E-state index in [2.05, 4.69) is 26.6 Å². The molecule has 1 aromatic carbocycles. The Bertz CT molecular complexity index is 361. The maximum absolute atomic E-state index is 11.8. The Morgan fingerprint density at radius 3 is 3.07 bits per heavy atom. The lowest BCUT2D eigenvalue weighted by Crippen LogP contribution is -2.24. The van der Waals surface area contributed by atoms with E-state index >= 15 is 0 Å². The van der Waals surface area contributed by atoms with Crippen molar-refractivity contribution in [1.82, 2.24) is 5.32 Å². The molecule has 0 aromatic heterocycles. The van der Waals surface area contributed by atoms with Gasteiger partial charge in [0.05, 0.1) is 5.92 Å². The minimum absolute atomic E-state index is 0.109. The first-order valence-electron chi connectivity index (χ1n) is 5.03. The van der Waals surface area contributed by atoms with Gasteiger partial charge in [0.2, 0.25) is 5.91 Å². The van der Waals surface area contributed by atoms with Gasteiger partial charge >= 0.3 is 0 Å². The summed E-state index contributed by atoms with van der Waals surface area (Å²) in [6.07, 6.45) is 0.930. The lowest BCUT2D eigenvalue weighted by molar-refractivity contribution is -0.119. The number of halogens is 1. The van der Waals surface area contributed by atoms with Crippen LogP contribution in [0.25, 0.3) is 0 Å². The molecule has 1 aliphatic heterocycles. The summed E-state index contributed by atoms with van der Waals surface area (Å²) in [5, 5.41) is 6.10. The summed E-state index contributed by atoms with van der Waals surface area (Å²) in [4.78, 5) is 11.8. The topological polar surface area (TPSA) is 41.1 Å². The summed E-state index contributed by atoms with van der Waals surface area (Å²) < 4.78 is 0.977. The van der Waals surface area contributed by atoms with E-state index in [1.165, 1.54) is 0 Å². The van der Waals surface area contributed by atoms with Gasteiger partial charge in [-0.1, -0.05) is 22.0 Å². The van der Waals surface area contributed by atoms with E-state index in [9.17, 15) is 4.79 Å². The third-order valence-electron chi connectivity index (χ3n) is 2.52. The molecule has 1 atom stereocenters. The predicted molar refractivity (Wildman–Crippen MR) is 63.7 cm³/mol. The lowest BCUT2D eigenvalue weighted by atomic mass is 10.1. The van der Waals surface area contributed by atoms with Crippen LogP contribution in [-0.4, -0.2) is 19.0 Å². The largest absolute Gasteiger partial charge is 0.326 e. The van der Waals surface area contributed by atoms with E-state index < -0.39 is 0 Å². The molecule has 4 heteroatoms. The number of carbonyl (C=O) groups excluding carboxylic acids is 1. The van der Waals surface area contributed by atoms with Crippen molar-refractivity contribution in [3.8, 4) is 0 Å². The quantitative estimate of drug-likeness (QED) is 0.862. The molecule has 1 fully saturated rings. The van der Waals surface area contributed by atoms with Crippen LogP contribution in [0.3, 0.4) is 0 Å². The van der Waals surface area contributed by atoms with Gasteiger partial charge in [-0.25, -0.2) is 0 Å². The molecule has 1 unspecified atom stereocenters. The molecule has 1 heterocycles. The van der Waals surface area contributed by atoms with Gasteiger partial charge in [-0.2, -0.15) is 0 Å². The van der Waals surface area contributed by atoms with Crippen molar-refractivity contribution in [1.29, 1.82) is 0 Å². The first kappa shape index (κ1) is 10.6. The monoisotopic (exact) mass is 268 g/mol. The van der Waals surface area contributed by atoms with Crippen LogP contribution in [0.1, 0.15) is 6.42 Å². The van der Waals surface area contributed by atoms with Gasteiger partial charge < -0.3 is 10.6 Å². The summed E-state index contributed by atoms with van der Waals surface area (Å²) in [6, 6.07) is 7.64. The van der Waals surface area contributed by atoms with Crippen LogP contribution in [0.5, 0.6) is 0 Å². The van der Waals surface area contributed by atoms with Crippen molar-refractivity contribution in [2.24, 2.45) is 5.92 Å². The van der Waals surface area contributed by atoms with E-state index in [0.717, 1.165) is 29.7 Å².